The number of aliphatic hydroxyl groups excluding tert-OH is 1. The van der Waals surface area contributed by atoms with Gasteiger partial charge in [0, 0.05) is 0 Å². The average molecular weight is 437 g/mol. The molecule has 0 radical (unpaired) electrons. The Morgan fingerprint density at radius 3 is 2.66 bits per heavy atom. The molecular weight excluding hydrogens is 410 g/mol. The van der Waals surface area contributed by atoms with Crippen LogP contribution in [-0.2, 0) is 6.42 Å². The maximum Gasteiger partial charge on any atom is 0.200 e. The highest BCUT2D eigenvalue weighted by atomic mass is 19.2. The van der Waals surface area contributed by atoms with Gasteiger partial charge in [0.1, 0.15) is 0 Å². The van der Waals surface area contributed by atoms with Crippen LogP contribution in [0.25, 0.3) is 11.8 Å². The van der Waals surface area contributed by atoms with Crippen LogP contribution in [0.4, 0.5) is 8.78 Å². The Balaban J connectivity index is 1.52. The van der Waals surface area contributed by atoms with Gasteiger partial charge in [0.05, 0.1) is 23.7 Å². The van der Waals surface area contributed by atoms with E-state index >= 15 is 0 Å². The zero-order chi connectivity index (χ0) is 22.6. The quantitative estimate of drug-likeness (QED) is 0.558. The Morgan fingerprint density at radius 2 is 1.94 bits per heavy atom. The Bertz CT molecular complexity index is 1190. The standard InChI is InChI=1S/C26H26F2N2O2/c1-15-6-8-19(9-7-15)30-22-12-18-4-3-5-20(26(18,2)13-17(22)14-29-30)25(32)16-10-21(27)24(28)23(31)11-16/h6-12,14,20,25,31-32H,3-5,13H2,1-2H3/t20-,25+,26+/m1/s1. The van der Waals surface area contributed by atoms with E-state index in [1.807, 2.05) is 10.9 Å². The van der Waals surface area contributed by atoms with Crippen molar-refractivity contribution < 1.29 is 19.0 Å². The Kier molecular flexibility index (Phi) is 4.93. The van der Waals surface area contributed by atoms with Crippen LogP contribution in [0, 0.1) is 29.9 Å². The number of phenols is 1. The minimum Gasteiger partial charge on any atom is -0.505 e. The highest BCUT2D eigenvalue weighted by molar-refractivity contribution is 5.61. The highest BCUT2D eigenvalue weighted by Crippen LogP contribution is 2.55. The number of nitrogens with zero attached hydrogens (tertiary/aromatic N) is 2. The van der Waals surface area contributed by atoms with Gasteiger partial charge in [0.15, 0.2) is 17.4 Å². The summed E-state index contributed by atoms with van der Waals surface area (Å²) in [5.41, 5.74) is 5.45. The molecule has 1 heterocycles. The lowest BCUT2D eigenvalue weighted by Gasteiger charge is -2.47. The minimum absolute atomic E-state index is 0.192. The van der Waals surface area contributed by atoms with Crippen LogP contribution in [0.1, 0.15) is 54.7 Å². The third-order valence-electron chi connectivity index (χ3n) is 7.30. The first-order valence-corrected chi connectivity index (χ1v) is 11.0. The SMILES string of the molecule is Cc1ccc(-n2ncc3c2C=C2CCC[C@H]([C@@H](O)c4cc(O)c(F)c(F)c4)[C@@]2(C)C3)cc1. The van der Waals surface area contributed by atoms with Crippen molar-refractivity contribution in [1.29, 1.82) is 0 Å². The molecule has 1 aromatic heterocycles. The van der Waals surface area contributed by atoms with Gasteiger partial charge in [-0.25, -0.2) is 9.07 Å². The molecule has 0 aliphatic heterocycles. The lowest BCUT2D eigenvalue weighted by Crippen LogP contribution is -2.40. The van der Waals surface area contributed by atoms with Gasteiger partial charge in [0.2, 0.25) is 0 Å². The number of benzene rings is 2. The maximum absolute atomic E-state index is 13.9. The second-order valence-electron chi connectivity index (χ2n) is 9.35. The number of phenolic OH excluding ortho intramolecular Hbond substituents is 1. The molecule has 0 saturated heterocycles. The Labute approximate surface area is 185 Å². The molecule has 3 atom stereocenters. The van der Waals surface area contributed by atoms with E-state index < -0.39 is 23.5 Å². The summed E-state index contributed by atoms with van der Waals surface area (Å²) in [4.78, 5) is 0. The third-order valence-corrected chi connectivity index (χ3v) is 7.30. The fourth-order valence-electron chi connectivity index (χ4n) is 5.47. The first-order chi connectivity index (χ1) is 15.3. The monoisotopic (exact) mass is 436 g/mol. The van der Waals surface area contributed by atoms with E-state index in [9.17, 15) is 19.0 Å². The molecule has 5 rings (SSSR count). The number of allylic oxidation sites excluding steroid dienone is 1. The van der Waals surface area contributed by atoms with Crippen LogP contribution in [0.3, 0.4) is 0 Å². The molecule has 0 unspecified atom stereocenters. The fraction of sp³-hybridized carbons (Fsp3) is 0.346. The van der Waals surface area contributed by atoms with Gasteiger partial charge in [0.25, 0.3) is 0 Å². The van der Waals surface area contributed by atoms with Gasteiger partial charge in [-0.3, -0.25) is 0 Å². The summed E-state index contributed by atoms with van der Waals surface area (Å²) in [5, 5.41) is 25.6. The van der Waals surface area contributed by atoms with E-state index in [2.05, 4.69) is 49.3 Å². The number of hydrogen-bond acceptors (Lipinski definition) is 3. The molecule has 2 N–H and O–H groups in total. The van der Waals surface area contributed by atoms with E-state index in [4.69, 9.17) is 0 Å². The molecule has 1 saturated carbocycles. The minimum atomic E-state index is -1.29. The van der Waals surface area contributed by atoms with Crippen molar-refractivity contribution in [2.45, 2.75) is 45.6 Å². The van der Waals surface area contributed by atoms with Crippen LogP contribution in [0.2, 0.25) is 0 Å². The molecule has 2 aliphatic rings. The number of aliphatic hydroxyl groups is 1. The summed E-state index contributed by atoms with van der Waals surface area (Å²) in [7, 11) is 0. The maximum atomic E-state index is 13.9. The van der Waals surface area contributed by atoms with Gasteiger partial charge in [-0.05, 0) is 85.4 Å². The van der Waals surface area contributed by atoms with Crippen LogP contribution in [0.5, 0.6) is 5.75 Å². The predicted molar refractivity (Wildman–Crippen MR) is 118 cm³/mol. The van der Waals surface area contributed by atoms with Crippen LogP contribution < -0.4 is 0 Å². The number of fused-ring (bicyclic) bond motifs is 2. The summed E-state index contributed by atoms with van der Waals surface area (Å²) in [6, 6.07) is 10.4. The van der Waals surface area contributed by atoms with E-state index in [0.717, 1.165) is 48.3 Å². The Morgan fingerprint density at radius 1 is 1.19 bits per heavy atom. The molecule has 6 heteroatoms. The lowest BCUT2D eigenvalue weighted by molar-refractivity contribution is 0.0213. The molecule has 2 aliphatic carbocycles. The number of halogens is 2. The fourth-order valence-corrected chi connectivity index (χ4v) is 5.47. The number of aromatic hydroxyl groups is 1. The predicted octanol–water partition coefficient (Wildman–Crippen LogP) is 5.64. The van der Waals surface area contributed by atoms with Crippen LogP contribution in [-0.4, -0.2) is 20.0 Å². The van der Waals surface area contributed by atoms with Gasteiger partial charge in [-0.15, -0.1) is 0 Å². The number of aromatic nitrogens is 2. The molecule has 0 amide bonds. The molecule has 0 spiro atoms. The van der Waals surface area contributed by atoms with Crippen molar-refractivity contribution >= 4 is 6.08 Å². The van der Waals surface area contributed by atoms with Gasteiger partial charge >= 0.3 is 0 Å². The largest absolute Gasteiger partial charge is 0.505 e. The second-order valence-corrected chi connectivity index (χ2v) is 9.35. The van der Waals surface area contributed by atoms with Gasteiger partial charge in [-0.1, -0.05) is 30.2 Å². The highest BCUT2D eigenvalue weighted by Gasteiger charge is 2.46. The van der Waals surface area contributed by atoms with Gasteiger partial charge < -0.3 is 10.2 Å². The lowest BCUT2D eigenvalue weighted by atomic mass is 9.57. The van der Waals surface area contributed by atoms with Crippen molar-refractivity contribution in [1.82, 2.24) is 9.78 Å². The number of aryl methyl sites for hydroxylation is 1. The van der Waals surface area contributed by atoms with Crippen molar-refractivity contribution in [3.63, 3.8) is 0 Å². The van der Waals surface area contributed by atoms with Crippen LogP contribution in [0.15, 0.2) is 48.2 Å². The zero-order valence-corrected chi connectivity index (χ0v) is 18.1. The van der Waals surface area contributed by atoms with Gasteiger partial charge in [-0.2, -0.15) is 9.49 Å². The molecule has 4 nitrogen and oxygen atoms in total. The van der Waals surface area contributed by atoms with E-state index in [0.29, 0.717) is 6.42 Å². The summed E-state index contributed by atoms with van der Waals surface area (Å²) >= 11 is 0. The number of rotatable bonds is 3. The van der Waals surface area contributed by atoms with Crippen molar-refractivity contribution in [2.75, 3.05) is 0 Å². The first kappa shape index (κ1) is 20.9. The van der Waals surface area contributed by atoms with Crippen molar-refractivity contribution in [2.24, 2.45) is 11.3 Å². The number of hydrogen-bond donors (Lipinski definition) is 2. The summed E-state index contributed by atoms with van der Waals surface area (Å²) in [6.07, 6.45) is 6.34. The molecular formula is C26H26F2N2O2. The molecule has 32 heavy (non-hydrogen) atoms. The van der Waals surface area contributed by atoms with Crippen molar-refractivity contribution in [3.05, 3.63) is 82.2 Å². The van der Waals surface area contributed by atoms with Crippen LogP contribution >= 0.6 is 0 Å². The average Bonchev–Trinajstić information content (AvgIpc) is 3.17. The molecule has 3 aromatic rings. The molecule has 1 fully saturated rings. The molecule has 2 aromatic carbocycles. The molecule has 166 valence electrons. The Hall–Kier alpha value is -2.99. The third kappa shape index (κ3) is 3.25. The normalized spacial score (nSPS) is 23.3. The summed E-state index contributed by atoms with van der Waals surface area (Å²) < 4.78 is 29.4. The first-order valence-electron chi connectivity index (χ1n) is 11.0. The van der Waals surface area contributed by atoms with E-state index in [-0.39, 0.29) is 16.9 Å². The molecule has 0 bridgehead atoms. The van der Waals surface area contributed by atoms with E-state index in [1.165, 1.54) is 11.1 Å². The zero-order valence-electron chi connectivity index (χ0n) is 18.1. The second kappa shape index (κ2) is 7.55. The summed E-state index contributed by atoms with van der Waals surface area (Å²) in [5.74, 6) is -3.41. The topological polar surface area (TPSA) is 58.3 Å². The smallest absolute Gasteiger partial charge is 0.200 e. The summed E-state index contributed by atoms with van der Waals surface area (Å²) in [6.45, 7) is 4.19. The van der Waals surface area contributed by atoms with Crippen molar-refractivity contribution in [3.8, 4) is 11.4 Å². The van der Waals surface area contributed by atoms with E-state index in [1.54, 1.807) is 0 Å².